The van der Waals surface area contributed by atoms with Gasteiger partial charge in [-0.1, -0.05) is 164 Å². The molecule has 4 aromatic heterocycles. The molecule has 6 nitrogen and oxygen atoms in total. The van der Waals surface area contributed by atoms with Crippen molar-refractivity contribution in [3.8, 4) is 56.7 Å². The quantitative estimate of drug-likeness (QED) is 0.168. The number of fused-ring (bicyclic) bond motifs is 12. The van der Waals surface area contributed by atoms with E-state index in [2.05, 4.69) is 161 Å². The van der Waals surface area contributed by atoms with Crippen LogP contribution in [0.1, 0.15) is 0 Å². The van der Waals surface area contributed by atoms with Crippen LogP contribution in [0, 0.1) is 0 Å². The van der Waals surface area contributed by atoms with Crippen molar-refractivity contribution >= 4 is 65.6 Å². The Morgan fingerprint density at radius 3 is 1.41 bits per heavy atom. The zero-order valence-corrected chi connectivity index (χ0v) is 33.9. The molecule has 0 aliphatic heterocycles. The van der Waals surface area contributed by atoms with E-state index < -0.39 is 0 Å². The van der Waals surface area contributed by atoms with Gasteiger partial charge in [0.2, 0.25) is 0 Å². The third-order valence-electron chi connectivity index (χ3n) is 12.3. The lowest BCUT2D eigenvalue weighted by Crippen LogP contribution is -2.02. The molecule has 13 rings (SSSR count). The molecule has 9 aromatic carbocycles. The summed E-state index contributed by atoms with van der Waals surface area (Å²) in [4.78, 5) is 15.4. The number of hydrogen-bond acceptors (Lipinski definition) is 4. The molecule has 0 aliphatic rings. The van der Waals surface area contributed by atoms with E-state index in [0.29, 0.717) is 17.5 Å². The fourth-order valence-electron chi connectivity index (χ4n) is 9.64. The van der Waals surface area contributed by atoms with Crippen molar-refractivity contribution in [1.29, 1.82) is 0 Å². The highest BCUT2D eigenvalue weighted by atomic mass is 16.3. The van der Waals surface area contributed by atoms with Gasteiger partial charge in [0.15, 0.2) is 17.5 Å². The second kappa shape index (κ2) is 14.0. The first-order valence-electron chi connectivity index (χ1n) is 21.2. The number of hydrogen-bond donors (Lipinski definition) is 0. The van der Waals surface area contributed by atoms with Crippen LogP contribution in [0.3, 0.4) is 0 Å². The highest BCUT2D eigenvalue weighted by Gasteiger charge is 2.28. The Balaban J connectivity index is 1.17. The summed E-state index contributed by atoms with van der Waals surface area (Å²) >= 11 is 0. The zero-order valence-electron chi connectivity index (χ0n) is 33.9. The summed E-state index contributed by atoms with van der Waals surface area (Å²) in [6.45, 7) is 0. The Morgan fingerprint density at radius 2 is 0.794 bits per heavy atom. The van der Waals surface area contributed by atoms with Gasteiger partial charge in [0.05, 0.1) is 32.8 Å². The fraction of sp³-hybridized carbons (Fsp3) is 0. The first kappa shape index (κ1) is 35.2. The van der Waals surface area contributed by atoms with Crippen LogP contribution in [-0.4, -0.2) is 24.1 Å². The molecule has 13 aromatic rings. The van der Waals surface area contributed by atoms with Crippen LogP contribution in [0.2, 0.25) is 0 Å². The first-order chi connectivity index (χ1) is 31.3. The summed E-state index contributed by atoms with van der Waals surface area (Å²) in [5, 5.41) is 6.75. The number of nitrogens with zero attached hydrogens (tertiary/aromatic N) is 5. The van der Waals surface area contributed by atoms with Gasteiger partial charge in [-0.15, -0.1) is 0 Å². The van der Waals surface area contributed by atoms with Gasteiger partial charge in [0.25, 0.3) is 0 Å². The molecule has 0 aliphatic carbocycles. The van der Waals surface area contributed by atoms with E-state index >= 15 is 0 Å². The lowest BCUT2D eigenvalue weighted by molar-refractivity contribution is 0.673. The smallest absolute Gasteiger partial charge is 0.164 e. The Bertz CT molecular complexity index is 3830. The summed E-state index contributed by atoms with van der Waals surface area (Å²) in [6, 6.07) is 74.2. The van der Waals surface area contributed by atoms with E-state index in [1.807, 2.05) is 60.7 Å². The van der Waals surface area contributed by atoms with Crippen LogP contribution in [0.5, 0.6) is 0 Å². The molecular formula is C57H35N5O. The summed E-state index contributed by atoms with van der Waals surface area (Å²) in [7, 11) is 0. The number of aromatic nitrogens is 5. The predicted octanol–water partition coefficient (Wildman–Crippen LogP) is 14.6. The average molecular weight is 806 g/mol. The highest BCUT2D eigenvalue weighted by Crippen LogP contribution is 2.50. The van der Waals surface area contributed by atoms with E-state index in [9.17, 15) is 0 Å². The highest BCUT2D eigenvalue weighted by molar-refractivity contribution is 6.39. The van der Waals surface area contributed by atoms with Crippen LogP contribution >= 0.6 is 0 Å². The minimum atomic E-state index is 0.604. The Hall–Kier alpha value is -8.61. The van der Waals surface area contributed by atoms with Gasteiger partial charge >= 0.3 is 0 Å². The molecule has 6 heteroatoms. The maximum absolute atomic E-state index is 7.03. The maximum Gasteiger partial charge on any atom is 0.164 e. The monoisotopic (exact) mass is 805 g/mol. The van der Waals surface area contributed by atoms with E-state index in [1.54, 1.807) is 0 Å². The molecular weight excluding hydrogens is 771 g/mol. The van der Waals surface area contributed by atoms with Crippen LogP contribution < -0.4 is 0 Å². The second-order valence-electron chi connectivity index (χ2n) is 15.9. The van der Waals surface area contributed by atoms with Crippen LogP contribution in [-0.2, 0) is 0 Å². The van der Waals surface area contributed by atoms with E-state index in [1.165, 1.54) is 10.8 Å². The molecule has 0 saturated heterocycles. The number of rotatable bonds is 6. The van der Waals surface area contributed by atoms with Crippen molar-refractivity contribution in [2.45, 2.75) is 0 Å². The molecule has 0 spiro atoms. The van der Waals surface area contributed by atoms with Gasteiger partial charge in [-0.2, -0.15) is 0 Å². The van der Waals surface area contributed by atoms with E-state index in [0.717, 1.165) is 94.0 Å². The summed E-state index contributed by atoms with van der Waals surface area (Å²) in [5.41, 5.74) is 13.1. The van der Waals surface area contributed by atoms with Crippen molar-refractivity contribution in [1.82, 2.24) is 24.1 Å². The third-order valence-corrected chi connectivity index (χ3v) is 12.3. The predicted molar refractivity (Wildman–Crippen MR) is 258 cm³/mol. The first-order valence-corrected chi connectivity index (χ1v) is 21.2. The number of benzene rings is 9. The molecule has 63 heavy (non-hydrogen) atoms. The van der Waals surface area contributed by atoms with Crippen LogP contribution in [0.4, 0.5) is 0 Å². The summed E-state index contributed by atoms with van der Waals surface area (Å²) in [6.07, 6.45) is 0. The van der Waals surface area contributed by atoms with Crippen molar-refractivity contribution < 1.29 is 4.42 Å². The Kier molecular flexibility index (Phi) is 7.80. The Morgan fingerprint density at radius 1 is 0.333 bits per heavy atom. The topological polar surface area (TPSA) is 61.7 Å². The van der Waals surface area contributed by atoms with Crippen molar-refractivity contribution in [3.05, 3.63) is 212 Å². The summed E-state index contributed by atoms with van der Waals surface area (Å²) < 4.78 is 11.9. The fourth-order valence-corrected chi connectivity index (χ4v) is 9.64. The van der Waals surface area contributed by atoms with E-state index in [-0.39, 0.29) is 0 Å². The molecule has 0 unspecified atom stereocenters. The normalized spacial score (nSPS) is 11.8. The van der Waals surface area contributed by atoms with E-state index in [4.69, 9.17) is 19.4 Å². The lowest BCUT2D eigenvalue weighted by Gasteiger charge is -2.16. The van der Waals surface area contributed by atoms with Gasteiger partial charge in [-0.3, -0.25) is 0 Å². The van der Waals surface area contributed by atoms with Crippen molar-refractivity contribution in [3.63, 3.8) is 0 Å². The molecule has 0 N–H and O–H groups in total. The van der Waals surface area contributed by atoms with Crippen molar-refractivity contribution in [2.75, 3.05) is 0 Å². The van der Waals surface area contributed by atoms with Gasteiger partial charge in [-0.25, -0.2) is 15.0 Å². The zero-order chi connectivity index (χ0) is 41.4. The standard InChI is InChI=1S/C57H35N5O/c1-5-19-36(20-6-1)45-35-40(33-34-41(45)57-59-55(37-21-7-2-8-22-37)58-56(60-57)38-23-9-3-10-24-38)62-47-31-17-14-28-43(47)50-52(62)49-42-27-13-16-30-46(42)61(39-25-11-4-12-26-39)53(49)51-44-29-15-18-32-48(44)63-54(50)51/h1-35H. The van der Waals surface area contributed by atoms with Gasteiger partial charge in [0, 0.05) is 49.6 Å². The van der Waals surface area contributed by atoms with Crippen LogP contribution in [0.25, 0.3) is 122 Å². The molecule has 294 valence electrons. The largest absolute Gasteiger partial charge is 0.455 e. The molecule has 0 radical (unpaired) electrons. The Labute approximate surface area is 361 Å². The maximum atomic E-state index is 7.03. The second-order valence-corrected chi connectivity index (χ2v) is 15.9. The lowest BCUT2D eigenvalue weighted by atomic mass is 9.98. The number of para-hydroxylation sites is 4. The van der Waals surface area contributed by atoms with Gasteiger partial charge < -0.3 is 13.6 Å². The molecule has 0 bridgehead atoms. The molecule has 0 amide bonds. The SMILES string of the molecule is c1ccc(-c2nc(-c3ccccc3)nc(-c3ccc(-n4c5ccccc5c5c6oc7ccccc7c6c6c(c7ccccc7n6-c6ccccc6)c54)cc3-c3ccccc3)n2)cc1. The minimum absolute atomic E-state index is 0.604. The average Bonchev–Trinajstić information content (AvgIpc) is 4.03. The van der Waals surface area contributed by atoms with Crippen molar-refractivity contribution in [2.24, 2.45) is 0 Å². The molecule has 0 saturated carbocycles. The molecule has 4 heterocycles. The molecule has 0 atom stereocenters. The summed E-state index contributed by atoms with van der Waals surface area (Å²) in [5.74, 6) is 1.85. The molecule has 0 fully saturated rings. The number of furan rings is 1. The minimum Gasteiger partial charge on any atom is -0.455 e. The van der Waals surface area contributed by atoms with Gasteiger partial charge in [0.1, 0.15) is 11.2 Å². The third kappa shape index (κ3) is 5.41. The van der Waals surface area contributed by atoms with Gasteiger partial charge in [-0.05, 0) is 59.7 Å². The van der Waals surface area contributed by atoms with Crippen LogP contribution in [0.15, 0.2) is 217 Å².